The number of nitrogens with zero attached hydrogens (tertiary/aromatic N) is 1. The lowest BCUT2D eigenvalue weighted by atomic mass is 10.1. The minimum absolute atomic E-state index is 0.325. The van der Waals surface area contributed by atoms with Gasteiger partial charge in [-0.1, -0.05) is 46.3 Å². The number of aromatic carboxylic acids is 1. The van der Waals surface area contributed by atoms with E-state index in [1.807, 2.05) is 43.3 Å². The number of hydrogen-bond acceptors (Lipinski definition) is 2. The number of carbonyl (C=O) groups is 1. The van der Waals surface area contributed by atoms with Gasteiger partial charge >= 0.3 is 5.97 Å². The van der Waals surface area contributed by atoms with Crippen LogP contribution in [0.1, 0.15) is 22.8 Å². The highest BCUT2D eigenvalue weighted by Crippen LogP contribution is 2.26. The predicted octanol–water partition coefficient (Wildman–Crippen LogP) is 4.17. The topological polar surface area (TPSA) is 40.5 Å². The van der Waals surface area contributed by atoms with Crippen molar-refractivity contribution in [1.82, 2.24) is 0 Å². The van der Waals surface area contributed by atoms with Gasteiger partial charge in [0, 0.05) is 17.6 Å². The van der Waals surface area contributed by atoms with Crippen LogP contribution >= 0.6 is 15.9 Å². The fourth-order valence-electron chi connectivity index (χ4n) is 2.12. The first kappa shape index (κ1) is 14.6. The molecule has 2 rings (SSSR count). The summed E-state index contributed by atoms with van der Waals surface area (Å²) in [6.07, 6.45) is 0. The summed E-state index contributed by atoms with van der Waals surface area (Å²) in [5.74, 6) is -0.904. The molecule has 0 bridgehead atoms. The van der Waals surface area contributed by atoms with Crippen LogP contribution in [0.5, 0.6) is 0 Å². The van der Waals surface area contributed by atoms with Crippen LogP contribution in [0, 0.1) is 0 Å². The van der Waals surface area contributed by atoms with Crippen molar-refractivity contribution in [2.75, 3.05) is 11.4 Å². The van der Waals surface area contributed by atoms with Gasteiger partial charge in [0.15, 0.2) is 0 Å². The van der Waals surface area contributed by atoms with Gasteiger partial charge in [-0.25, -0.2) is 4.79 Å². The van der Waals surface area contributed by atoms with Crippen molar-refractivity contribution in [3.8, 4) is 0 Å². The standard InChI is InChI=1S/C16H16BrNO2/c1-2-18(11-12-6-4-3-5-7-12)15-10-13(17)8-9-14(15)16(19)20/h3-10H,2,11H2,1H3,(H,19,20). The second kappa shape index (κ2) is 6.57. The summed E-state index contributed by atoms with van der Waals surface area (Å²) in [4.78, 5) is 13.4. The number of hydrogen-bond donors (Lipinski definition) is 1. The van der Waals surface area contributed by atoms with Crippen LogP contribution in [0.3, 0.4) is 0 Å². The molecule has 2 aromatic rings. The molecule has 0 atom stereocenters. The second-order valence-electron chi connectivity index (χ2n) is 4.47. The van der Waals surface area contributed by atoms with Crippen molar-refractivity contribution in [2.24, 2.45) is 0 Å². The third kappa shape index (κ3) is 3.39. The van der Waals surface area contributed by atoms with Gasteiger partial charge in [-0.2, -0.15) is 0 Å². The summed E-state index contributed by atoms with van der Waals surface area (Å²) >= 11 is 3.41. The van der Waals surface area contributed by atoms with Crippen LogP contribution < -0.4 is 4.90 Å². The van der Waals surface area contributed by atoms with Gasteiger partial charge < -0.3 is 10.0 Å². The maximum atomic E-state index is 11.4. The molecule has 2 aromatic carbocycles. The maximum absolute atomic E-state index is 11.4. The summed E-state index contributed by atoms with van der Waals surface area (Å²) in [5.41, 5.74) is 2.22. The molecule has 20 heavy (non-hydrogen) atoms. The SMILES string of the molecule is CCN(Cc1ccccc1)c1cc(Br)ccc1C(=O)O. The molecule has 0 amide bonds. The first-order valence-electron chi connectivity index (χ1n) is 6.43. The van der Waals surface area contributed by atoms with Gasteiger partial charge in [0.1, 0.15) is 0 Å². The van der Waals surface area contributed by atoms with Crippen LogP contribution in [0.15, 0.2) is 53.0 Å². The maximum Gasteiger partial charge on any atom is 0.337 e. The zero-order valence-corrected chi connectivity index (χ0v) is 12.8. The summed E-state index contributed by atoms with van der Waals surface area (Å²) in [7, 11) is 0. The van der Waals surface area contributed by atoms with Gasteiger partial charge in [-0.3, -0.25) is 0 Å². The largest absolute Gasteiger partial charge is 0.478 e. The molecule has 1 N–H and O–H groups in total. The quantitative estimate of drug-likeness (QED) is 0.892. The first-order valence-corrected chi connectivity index (χ1v) is 7.23. The fraction of sp³-hybridized carbons (Fsp3) is 0.188. The van der Waals surface area contributed by atoms with Crippen molar-refractivity contribution >= 4 is 27.6 Å². The van der Waals surface area contributed by atoms with Gasteiger partial charge in [-0.15, -0.1) is 0 Å². The van der Waals surface area contributed by atoms with E-state index in [9.17, 15) is 9.90 Å². The van der Waals surface area contributed by atoms with Crippen LogP contribution in [-0.4, -0.2) is 17.6 Å². The highest BCUT2D eigenvalue weighted by atomic mass is 79.9. The summed E-state index contributed by atoms with van der Waals surface area (Å²) in [5, 5.41) is 9.33. The molecule has 0 unspecified atom stereocenters. The van der Waals surface area contributed by atoms with Crippen molar-refractivity contribution in [3.63, 3.8) is 0 Å². The monoisotopic (exact) mass is 333 g/mol. The summed E-state index contributed by atoms with van der Waals surface area (Å²) in [6.45, 7) is 3.45. The average molecular weight is 334 g/mol. The zero-order chi connectivity index (χ0) is 14.5. The van der Waals surface area contributed by atoms with Crippen LogP contribution in [0.25, 0.3) is 0 Å². The lowest BCUT2D eigenvalue weighted by Crippen LogP contribution is -2.24. The van der Waals surface area contributed by atoms with E-state index in [0.29, 0.717) is 12.1 Å². The molecule has 3 nitrogen and oxygen atoms in total. The third-order valence-electron chi connectivity index (χ3n) is 3.13. The van der Waals surface area contributed by atoms with E-state index in [-0.39, 0.29) is 0 Å². The number of benzene rings is 2. The highest BCUT2D eigenvalue weighted by molar-refractivity contribution is 9.10. The Hall–Kier alpha value is -1.81. The Morgan fingerprint density at radius 2 is 1.90 bits per heavy atom. The lowest BCUT2D eigenvalue weighted by molar-refractivity contribution is 0.0697. The Balaban J connectivity index is 2.36. The summed E-state index contributed by atoms with van der Waals surface area (Å²) in [6, 6.07) is 15.3. The predicted molar refractivity (Wildman–Crippen MR) is 84.3 cm³/mol. The van der Waals surface area contributed by atoms with E-state index in [2.05, 4.69) is 20.8 Å². The van der Waals surface area contributed by atoms with E-state index >= 15 is 0 Å². The summed E-state index contributed by atoms with van der Waals surface area (Å²) < 4.78 is 0.879. The van der Waals surface area contributed by atoms with Gasteiger partial charge in [0.2, 0.25) is 0 Å². The molecule has 0 saturated carbocycles. The molecule has 0 aliphatic heterocycles. The number of halogens is 1. The van der Waals surface area contributed by atoms with E-state index in [1.165, 1.54) is 0 Å². The van der Waals surface area contributed by atoms with Gasteiger partial charge in [0.25, 0.3) is 0 Å². The number of carboxylic acids is 1. The molecule has 0 saturated heterocycles. The number of carboxylic acid groups (broad SMARTS) is 1. The second-order valence-corrected chi connectivity index (χ2v) is 5.38. The average Bonchev–Trinajstić information content (AvgIpc) is 2.45. The molecular formula is C16H16BrNO2. The zero-order valence-electron chi connectivity index (χ0n) is 11.2. The van der Waals surface area contributed by atoms with Crippen LogP contribution in [0.4, 0.5) is 5.69 Å². The molecule has 4 heteroatoms. The van der Waals surface area contributed by atoms with Crippen LogP contribution in [-0.2, 0) is 6.54 Å². The van der Waals surface area contributed by atoms with Gasteiger partial charge in [0.05, 0.1) is 11.3 Å². The van der Waals surface area contributed by atoms with Crippen molar-refractivity contribution in [2.45, 2.75) is 13.5 Å². The van der Waals surface area contributed by atoms with Gasteiger partial charge in [-0.05, 0) is 30.7 Å². The lowest BCUT2D eigenvalue weighted by Gasteiger charge is -2.25. The highest BCUT2D eigenvalue weighted by Gasteiger charge is 2.15. The Morgan fingerprint density at radius 1 is 1.20 bits per heavy atom. The van der Waals surface area contributed by atoms with Crippen molar-refractivity contribution < 1.29 is 9.90 Å². The Kier molecular flexibility index (Phi) is 4.79. The Bertz CT molecular complexity index is 599. The minimum Gasteiger partial charge on any atom is -0.478 e. The van der Waals surface area contributed by atoms with E-state index < -0.39 is 5.97 Å². The third-order valence-corrected chi connectivity index (χ3v) is 3.62. The molecule has 0 aliphatic rings. The molecule has 0 heterocycles. The molecule has 0 spiro atoms. The van der Waals surface area contributed by atoms with Crippen molar-refractivity contribution in [1.29, 1.82) is 0 Å². The fourth-order valence-corrected chi connectivity index (χ4v) is 2.47. The van der Waals surface area contributed by atoms with E-state index in [0.717, 1.165) is 22.3 Å². The van der Waals surface area contributed by atoms with E-state index in [4.69, 9.17) is 0 Å². The Morgan fingerprint density at radius 3 is 2.50 bits per heavy atom. The van der Waals surface area contributed by atoms with Crippen molar-refractivity contribution in [3.05, 3.63) is 64.1 Å². The van der Waals surface area contributed by atoms with Crippen LogP contribution in [0.2, 0.25) is 0 Å². The molecular weight excluding hydrogens is 318 g/mol. The van der Waals surface area contributed by atoms with E-state index in [1.54, 1.807) is 12.1 Å². The molecule has 0 fully saturated rings. The number of rotatable bonds is 5. The molecule has 0 aliphatic carbocycles. The molecule has 0 aromatic heterocycles. The number of anilines is 1. The molecule has 0 radical (unpaired) electrons. The Labute approximate surface area is 127 Å². The molecule has 104 valence electrons. The normalized spacial score (nSPS) is 10.3. The minimum atomic E-state index is -0.904. The first-order chi connectivity index (χ1) is 9.61. The smallest absolute Gasteiger partial charge is 0.337 e.